The van der Waals surface area contributed by atoms with Crippen molar-refractivity contribution in [3.05, 3.63) is 0 Å². The molecule has 0 spiro atoms. The number of hydrogen-bond donors (Lipinski definition) is 2. The number of amides is 1. The van der Waals surface area contributed by atoms with Gasteiger partial charge in [0.05, 0.1) is 0 Å². The second-order valence-corrected chi connectivity index (χ2v) is 6.94. The van der Waals surface area contributed by atoms with Gasteiger partial charge in [0.25, 0.3) is 0 Å². The number of carbonyl (C=O) groups excluding carboxylic acids is 1. The largest absolute Gasteiger partial charge is 0.353 e. The van der Waals surface area contributed by atoms with Gasteiger partial charge in [-0.15, -0.1) is 0 Å². The van der Waals surface area contributed by atoms with Gasteiger partial charge >= 0.3 is 0 Å². The Hall–Kier alpha value is -0.570. The highest BCUT2D eigenvalue weighted by Gasteiger charge is 2.35. The monoisotopic (exact) mass is 254 g/mol. The van der Waals surface area contributed by atoms with Gasteiger partial charge in [0.15, 0.2) is 0 Å². The van der Waals surface area contributed by atoms with Crippen molar-refractivity contribution < 1.29 is 4.79 Å². The topological polar surface area (TPSA) is 55.1 Å². The normalized spacial score (nSPS) is 24.2. The Balaban J connectivity index is 2.40. The third-order valence-electron chi connectivity index (χ3n) is 4.20. The predicted octanol–water partition coefficient (Wildman–Crippen LogP) is 2.69. The van der Waals surface area contributed by atoms with Gasteiger partial charge in [-0.3, -0.25) is 4.79 Å². The zero-order chi connectivity index (χ0) is 13.8. The van der Waals surface area contributed by atoms with E-state index in [1.54, 1.807) is 0 Å². The first-order valence-corrected chi connectivity index (χ1v) is 7.34. The van der Waals surface area contributed by atoms with E-state index in [1.165, 1.54) is 12.8 Å². The number of carbonyl (C=O) groups is 1. The van der Waals surface area contributed by atoms with Crippen LogP contribution in [-0.2, 0) is 4.79 Å². The number of nitrogens with one attached hydrogen (secondary N) is 1. The van der Waals surface area contributed by atoms with Crippen molar-refractivity contribution >= 4 is 5.91 Å². The smallest absolute Gasteiger partial charge is 0.220 e. The maximum absolute atomic E-state index is 12.1. The van der Waals surface area contributed by atoms with E-state index >= 15 is 0 Å². The average Bonchev–Trinajstić information content (AvgIpc) is 2.56. The predicted molar refractivity (Wildman–Crippen MR) is 76.2 cm³/mol. The van der Waals surface area contributed by atoms with Crippen molar-refractivity contribution in [2.45, 2.75) is 65.8 Å². The molecule has 1 aliphatic rings. The van der Waals surface area contributed by atoms with Crippen LogP contribution >= 0.6 is 0 Å². The molecular weight excluding hydrogens is 224 g/mol. The van der Waals surface area contributed by atoms with Gasteiger partial charge in [0, 0.05) is 12.5 Å². The molecule has 3 N–H and O–H groups in total. The van der Waals surface area contributed by atoms with Crippen molar-refractivity contribution in [3.63, 3.8) is 0 Å². The zero-order valence-electron chi connectivity index (χ0n) is 12.5. The van der Waals surface area contributed by atoms with Gasteiger partial charge in [-0.2, -0.15) is 0 Å². The molecule has 2 atom stereocenters. The summed E-state index contributed by atoms with van der Waals surface area (Å²) in [5, 5.41) is 3.21. The molecule has 1 fully saturated rings. The molecule has 0 saturated heterocycles. The molecule has 1 aliphatic carbocycles. The van der Waals surface area contributed by atoms with E-state index in [0.717, 1.165) is 12.8 Å². The van der Waals surface area contributed by atoms with Gasteiger partial charge in [-0.25, -0.2) is 0 Å². The molecule has 106 valence electrons. The fourth-order valence-electron chi connectivity index (χ4n) is 3.04. The van der Waals surface area contributed by atoms with Crippen molar-refractivity contribution in [2.75, 3.05) is 6.54 Å². The van der Waals surface area contributed by atoms with Crippen LogP contribution < -0.4 is 11.1 Å². The lowest BCUT2D eigenvalue weighted by Crippen LogP contribution is -2.42. The number of nitrogens with two attached hydrogens (primary N) is 1. The molecule has 0 aromatic heterocycles. The zero-order valence-corrected chi connectivity index (χ0v) is 12.5. The highest BCUT2D eigenvalue weighted by molar-refractivity contribution is 5.76. The molecule has 3 nitrogen and oxygen atoms in total. The standard InChI is InChI=1S/C15H30N2O/c1-11(2)8-12(10-16)9-14(18)17-13-6-5-7-15(13,3)4/h11-13H,5-10,16H2,1-4H3,(H,17,18). The summed E-state index contributed by atoms with van der Waals surface area (Å²) in [6.07, 6.45) is 5.18. The van der Waals surface area contributed by atoms with E-state index in [2.05, 4.69) is 33.0 Å². The summed E-state index contributed by atoms with van der Waals surface area (Å²) in [6.45, 7) is 9.47. The molecule has 18 heavy (non-hydrogen) atoms. The van der Waals surface area contributed by atoms with Crippen LogP contribution in [0.2, 0.25) is 0 Å². The molecule has 0 aromatic carbocycles. The Morgan fingerprint density at radius 1 is 1.44 bits per heavy atom. The fraction of sp³-hybridized carbons (Fsp3) is 0.933. The first-order chi connectivity index (χ1) is 8.35. The molecule has 0 aliphatic heterocycles. The third kappa shape index (κ3) is 4.60. The van der Waals surface area contributed by atoms with Crippen LogP contribution in [0.25, 0.3) is 0 Å². The second-order valence-electron chi connectivity index (χ2n) is 6.94. The van der Waals surface area contributed by atoms with Crippen molar-refractivity contribution in [1.82, 2.24) is 5.32 Å². The van der Waals surface area contributed by atoms with Gasteiger partial charge in [0.1, 0.15) is 0 Å². The van der Waals surface area contributed by atoms with Crippen LogP contribution in [0.4, 0.5) is 0 Å². The van der Waals surface area contributed by atoms with Crippen LogP contribution in [0.5, 0.6) is 0 Å². The number of rotatable bonds is 6. The summed E-state index contributed by atoms with van der Waals surface area (Å²) >= 11 is 0. The van der Waals surface area contributed by atoms with E-state index in [4.69, 9.17) is 5.73 Å². The van der Waals surface area contributed by atoms with Crippen LogP contribution in [0.1, 0.15) is 59.8 Å². The minimum Gasteiger partial charge on any atom is -0.353 e. The summed E-state index contributed by atoms with van der Waals surface area (Å²) in [4.78, 5) is 12.1. The van der Waals surface area contributed by atoms with E-state index in [0.29, 0.717) is 30.8 Å². The highest BCUT2D eigenvalue weighted by atomic mass is 16.1. The van der Waals surface area contributed by atoms with Gasteiger partial charge in [-0.05, 0) is 43.1 Å². The lowest BCUT2D eigenvalue weighted by Gasteiger charge is -2.28. The van der Waals surface area contributed by atoms with E-state index in [9.17, 15) is 4.79 Å². The van der Waals surface area contributed by atoms with Crippen molar-refractivity contribution in [2.24, 2.45) is 23.0 Å². The van der Waals surface area contributed by atoms with Crippen LogP contribution in [0.15, 0.2) is 0 Å². The second kappa shape index (κ2) is 6.55. The summed E-state index contributed by atoms with van der Waals surface area (Å²) in [6, 6.07) is 0.350. The molecular formula is C15H30N2O. The molecule has 3 heteroatoms. The maximum Gasteiger partial charge on any atom is 0.220 e. The molecule has 0 heterocycles. The van der Waals surface area contributed by atoms with Crippen LogP contribution in [-0.4, -0.2) is 18.5 Å². The Bertz CT molecular complexity index is 274. The first-order valence-electron chi connectivity index (χ1n) is 7.34. The lowest BCUT2D eigenvalue weighted by molar-refractivity contribution is -0.123. The van der Waals surface area contributed by atoms with Gasteiger partial charge in [-0.1, -0.05) is 34.1 Å². The summed E-state index contributed by atoms with van der Waals surface area (Å²) in [7, 11) is 0. The molecule has 0 aromatic rings. The Labute approximate surface area is 112 Å². The molecule has 0 radical (unpaired) electrons. The molecule has 0 bridgehead atoms. The summed E-state index contributed by atoms with van der Waals surface area (Å²) in [5.74, 6) is 1.12. The minimum atomic E-state index is 0.186. The van der Waals surface area contributed by atoms with E-state index in [-0.39, 0.29) is 11.3 Å². The Morgan fingerprint density at radius 2 is 2.11 bits per heavy atom. The fourth-order valence-corrected chi connectivity index (χ4v) is 3.04. The Morgan fingerprint density at radius 3 is 2.56 bits per heavy atom. The average molecular weight is 254 g/mol. The van der Waals surface area contributed by atoms with Gasteiger partial charge < -0.3 is 11.1 Å². The van der Waals surface area contributed by atoms with Crippen molar-refractivity contribution in [1.29, 1.82) is 0 Å². The lowest BCUT2D eigenvalue weighted by atomic mass is 9.87. The van der Waals surface area contributed by atoms with Crippen molar-refractivity contribution in [3.8, 4) is 0 Å². The van der Waals surface area contributed by atoms with E-state index < -0.39 is 0 Å². The Kier molecular flexibility index (Phi) is 5.64. The molecule has 1 rings (SSSR count). The minimum absolute atomic E-state index is 0.186. The number of hydrogen-bond acceptors (Lipinski definition) is 2. The summed E-state index contributed by atoms with van der Waals surface area (Å²) in [5.41, 5.74) is 6.01. The van der Waals surface area contributed by atoms with Crippen LogP contribution in [0, 0.1) is 17.3 Å². The third-order valence-corrected chi connectivity index (χ3v) is 4.20. The van der Waals surface area contributed by atoms with Crippen LogP contribution in [0.3, 0.4) is 0 Å². The first kappa shape index (κ1) is 15.5. The van der Waals surface area contributed by atoms with Gasteiger partial charge in [0.2, 0.25) is 5.91 Å². The quantitative estimate of drug-likeness (QED) is 0.765. The molecule has 2 unspecified atom stereocenters. The maximum atomic E-state index is 12.1. The van der Waals surface area contributed by atoms with E-state index in [1.807, 2.05) is 0 Å². The highest BCUT2D eigenvalue weighted by Crippen LogP contribution is 2.37. The summed E-state index contributed by atoms with van der Waals surface area (Å²) < 4.78 is 0. The molecule has 1 saturated carbocycles. The SMILES string of the molecule is CC(C)CC(CN)CC(=O)NC1CCCC1(C)C. The molecule has 1 amide bonds.